The van der Waals surface area contributed by atoms with Crippen molar-refractivity contribution in [3.63, 3.8) is 0 Å². The van der Waals surface area contributed by atoms with Crippen molar-refractivity contribution < 1.29 is 4.74 Å². The standard InChI is InChI=1S/C9H17NO/c1-2-6-10(5-1)7-3-4-9-8-11-9/h9H,1-8H2. The number of hydrogen-bond donors (Lipinski definition) is 0. The van der Waals surface area contributed by atoms with Gasteiger partial charge in [0.15, 0.2) is 0 Å². The molecule has 2 fully saturated rings. The molecule has 64 valence electrons. The quantitative estimate of drug-likeness (QED) is 0.568. The Bertz CT molecular complexity index is 117. The van der Waals surface area contributed by atoms with E-state index in [1.165, 1.54) is 45.3 Å². The molecule has 0 radical (unpaired) electrons. The summed E-state index contributed by atoms with van der Waals surface area (Å²) in [4.78, 5) is 2.57. The molecule has 2 aliphatic heterocycles. The second kappa shape index (κ2) is 3.55. The van der Waals surface area contributed by atoms with Crippen molar-refractivity contribution in [2.45, 2.75) is 31.8 Å². The Morgan fingerprint density at radius 1 is 1.27 bits per heavy atom. The molecule has 0 N–H and O–H groups in total. The van der Waals surface area contributed by atoms with E-state index in [-0.39, 0.29) is 0 Å². The fourth-order valence-electron chi connectivity index (χ4n) is 1.78. The van der Waals surface area contributed by atoms with E-state index in [0.29, 0.717) is 6.10 Å². The number of rotatable bonds is 4. The molecule has 1 atom stereocenters. The van der Waals surface area contributed by atoms with E-state index in [9.17, 15) is 0 Å². The summed E-state index contributed by atoms with van der Waals surface area (Å²) < 4.78 is 5.15. The Kier molecular flexibility index (Phi) is 2.44. The van der Waals surface area contributed by atoms with Gasteiger partial charge in [-0.1, -0.05) is 0 Å². The number of nitrogens with zero attached hydrogens (tertiary/aromatic N) is 1. The summed E-state index contributed by atoms with van der Waals surface area (Å²) in [7, 11) is 0. The molecule has 2 nitrogen and oxygen atoms in total. The molecule has 0 aromatic rings. The Hall–Kier alpha value is -0.0800. The number of likely N-dealkylation sites (tertiary alicyclic amines) is 1. The van der Waals surface area contributed by atoms with Crippen LogP contribution in [0.4, 0.5) is 0 Å². The molecule has 2 rings (SSSR count). The second-order valence-corrected chi connectivity index (χ2v) is 3.65. The Labute approximate surface area is 68.5 Å². The van der Waals surface area contributed by atoms with Gasteiger partial charge in [0.2, 0.25) is 0 Å². The SMILES string of the molecule is C1CCN(CCCC2CO2)C1. The molecule has 0 saturated carbocycles. The van der Waals surface area contributed by atoms with E-state index in [1.807, 2.05) is 0 Å². The molecule has 0 aliphatic carbocycles. The van der Waals surface area contributed by atoms with Gasteiger partial charge < -0.3 is 9.64 Å². The summed E-state index contributed by atoms with van der Waals surface area (Å²) in [6, 6.07) is 0. The van der Waals surface area contributed by atoms with Gasteiger partial charge >= 0.3 is 0 Å². The van der Waals surface area contributed by atoms with Gasteiger partial charge in [-0.05, 0) is 45.3 Å². The minimum atomic E-state index is 0.637. The summed E-state index contributed by atoms with van der Waals surface area (Å²) in [6.45, 7) is 5.01. The molecule has 0 aromatic heterocycles. The van der Waals surface area contributed by atoms with Crippen LogP contribution >= 0.6 is 0 Å². The highest BCUT2D eigenvalue weighted by molar-refractivity contribution is 4.71. The summed E-state index contributed by atoms with van der Waals surface area (Å²) in [5.41, 5.74) is 0. The minimum absolute atomic E-state index is 0.637. The highest BCUT2D eigenvalue weighted by atomic mass is 16.6. The Morgan fingerprint density at radius 2 is 2.00 bits per heavy atom. The van der Waals surface area contributed by atoms with Crippen LogP contribution in [-0.2, 0) is 4.74 Å². The van der Waals surface area contributed by atoms with Crippen molar-refractivity contribution in [1.82, 2.24) is 4.90 Å². The van der Waals surface area contributed by atoms with Gasteiger partial charge in [-0.3, -0.25) is 0 Å². The topological polar surface area (TPSA) is 15.8 Å². The first kappa shape index (κ1) is 7.56. The lowest BCUT2D eigenvalue weighted by Gasteiger charge is -2.12. The first-order chi connectivity index (χ1) is 5.45. The van der Waals surface area contributed by atoms with Gasteiger partial charge in [-0.25, -0.2) is 0 Å². The third kappa shape index (κ3) is 2.46. The van der Waals surface area contributed by atoms with Crippen LogP contribution in [-0.4, -0.2) is 37.2 Å². The Morgan fingerprint density at radius 3 is 2.64 bits per heavy atom. The van der Waals surface area contributed by atoms with E-state index >= 15 is 0 Å². The van der Waals surface area contributed by atoms with Crippen molar-refractivity contribution in [2.75, 3.05) is 26.2 Å². The van der Waals surface area contributed by atoms with Crippen LogP contribution in [0.15, 0.2) is 0 Å². The van der Waals surface area contributed by atoms with Crippen molar-refractivity contribution in [1.29, 1.82) is 0 Å². The number of hydrogen-bond acceptors (Lipinski definition) is 2. The van der Waals surface area contributed by atoms with Crippen molar-refractivity contribution in [3.05, 3.63) is 0 Å². The maximum atomic E-state index is 5.15. The fraction of sp³-hybridized carbons (Fsp3) is 1.00. The lowest BCUT2D eigenvalue weighted by molar-refractivity contribution is 0.315. The van der Waals surface area contributed by atoms with Crippen LogP contribution in [0, 0.1) is 0 Å². The summed E-state index contributed by atoms with van der Waals surface area (Å²) in [5.74, 6) is 0. The van der Waals surface area contributed by atoms with Gasteiger partial charge in [0.05, 0.1) is 12.7 Å². The maximum absolute atomic E-state index is 5.15. The zero-order chi connectivity index (χ0) is 7.52. The van der Waals surface area contributed by atoms with E-state index in [2.05, 4.69) is 4.90 Å². The molecule has 11 heavy (non-hydrogen) atoms. The number of epoxide rings is 1. The average Bonchev–Trinajstić information content (AvgIpc) is 2.66. The minimum Gasteiger partial charge on any atom is -0.373 e. The molecule has 0 bridgehead atoms. The first-order valence-corrected chi connectivity index (χ1v) is 4.79. The highest BCUT2D eigenvalue weighted by Crippen LogP contribution is 2.16. The predicted molar refractivity (Wildman–Crippen MR) is 44.6 cm³/mol. The van der Waals surface area contributed by atoms with Crippen LogP contribution in [0.3, 0.4) is 0 Å². The van der Waals surface area contributed by atoms with Crippen LogP contribution < -0.4 is 0 Å². The molecule has 2 saturated heterocycles. The summed E-state index contributed by atoms with van der Waals surface area (Å²) in [6.07, 6.45) is 6.10. The first-order valence-electron chi connectivity index (χ1n) is 4.79. The number of ether oxygens (including phenoxy) is 1. The van der Waals surface area contributed by atoms with Crippen molar-refractivity contribution in [3.8, 4) is 0 Å². The van der Waals surface area contributed by atoms with E-state index in [0.717, 1.165) is 6.61 Å². The molecular weight excluding hydrogens is 138 g/mol. The van der Waals surface area contributed by atoms with Gasteiger partial charge in [-0.2, -0.15) is 0 Å². The maximum Gasteiger partial charge on any atom is 0.0810 e. The average molecular weight is 155 g/mol. The summed E-state index contributed by atoms with van der Waals surface area (Å²) >= 11 is 0. The van der Waals surface area contributed by atoms with Gasteiger partial charge in [0, 0.05) is 0 Å². The van der Waals surface area contributed by atoms with Crippen LogP contribution in [0.2, 0.25) is 0 Å². The van der Waals surface area contributed by atoms with E-state index < -0.39 is 0 Å². The third-order valence-electron chi connectivity index (χ3n) is 2.60. The monoisotopic (exact) mass is 155 g/mol. The third-order valence-corrected chi connectivity index (χ3v) is 2.60. The zero-order valence-corrected chi connectivity index (χ0v) is 7.09. The van der Waals surface area contributed by atoms with Crippen molar-refractivity contribution in [2.24, 2.45) is 0 Å². The molecule has 2 aliphatic rings. The largest absolute Gasteiger partial charge is 0.373 e. The second-order valence-electron chi connectivity index (χ2n) is 3.65. The highest BCUT2D eigenvalue weighted by Gasteiger charge is 2.22. The molecular formula is C9H17NO. The van der Waals surface area contributed by atoms with Crippen LogP contribution in [0.25, 0.3) is 0 Å². The fourth-order valence-corrected chi connectivity index (χ4v) is 1.78. The van der Waals surface area contributed by atoms with Gasteiger partial charge in [0.1, 0.15) is 0 Å². The molecule has 1 unspecified atom stereocenters. The molecule has 0 aromatic carbocycles. The zero-order valence-electron chi connectivity index (χ0n) is 7.09. The predicted octanol–water partition coefficient (Wildman–Crippen LogP) is 1.26. The molecule has 2 heteroatoms. The smallest absolute Gasteiger partial charge is 0.0810 e. The molecule has 0 spiro atoms. The summed E-state index contributed by atoms with van der Waals surface area (Å²) in [5, 5.41) is 0. The van der Waals surface area contributed by atoms with Crippen LogP contribution in [0.5, 0.6) is 0 Å². The lowest BCUT2D eigenvalue weighted by Crippen LogP contribution is -2.20. The Balaban J connectivity index is 1.51. The lowest BCUT2D eigenvalue weighted by atomic mass is 10.2. The van der Waals surface area contributed by atoms with Gasteiger partial charge in [-0.15, -0.1) is 0 Å². The molecule has 0 amide bonds. The van der Waals surface area contributed by atoms with Gasteiger partial charge in [0.25, 0.3) is 0 Å². The van der Waals surface area contributed by atoms with Crippen molar-refractivity contribution >= 4 is 0 Å². The van der Waals surface area contributed by atoms with E-state index in [4.69, 9.17) is 4.74 Å². The normalized spacial score (nSPS) is 31.1. The van der Waals surface area contributed by atoms with E-state index in [1.54, 1.807) is 0 Å². The molecule has 2 heterocycles. The van der Waals surface area contributed by atoms with Crippen LogP contribution in [0.1, 0.15) is 25.7 Å².